The van der Waals surface area contributed by atoms with E-state index in [1.54, 1.807) is 60.5 Å². The minimum Gasteiger partial charge on any atom is -0.467 e. The van der Waals surface area contributed by atoms with Gasteiger partial charge < -0.3 is 40.5 Å². The summed E-state index contributed by atoms with van der Waals surface area (Å²) < 4.78 is 8.79. The Morgan fingerprint density at radius 1 is 0.570 bits per heavy atom. The molecule has 12 heterocycles. The standard InChI is InChI=1S/C15H17ClN4O2.C13H13ClN6O.C11H9ClN6.C10H8ClN7/c1-15(2,9-21)20-6-5-11-12(18-14(16)19-13(11)20)17-8-10-4-3-7-22-10;14-13-18-11(16-7-9-1-3-15-4-2-9)10-8-17-20(5-6-21)12(10)19-13;12-11-16-9(8-6-15-18-10(8)17-11)14-5-7-1-3-13-4-2-7;11-10-16-8(7-4-15-18-9(7)17-10)13-3-6-1-2-12-5-14-6/h3-7,21H,8-9H2,1-2H3,(H,17,18,19);1-4,8,21H,5-7H2,(H,16,18,19);1-4,6H,5H2,(H2,14,15,16,17,18);1-2,4-5H,3H2,(H2,13,15,16,17,18). The molecule has 0 atom stereocenters. The number of aliphatic hydroxyl groups excluding tert-OH is 2. The van der Waals surface area contributed by atoms with Crippen LogP contribution in [0.15, 0.2) is 121 Å². The molecule has 0 fully saturated rings. The van der Waals surface area contributed by atoms with Crippen molar-refractivity contribution in [2.45, 2.75) is 52.1 Å². The first-order valence-electron chi connectivity index (χ1n) is 23.8. The molecule has 0 amide bonds. The molecular weight excluding hydrogens is 1100 g/mol. The lowest BCUT2D eigenvalue weighted by Gasteiger charge is -2.24. The maximum absolute atomic E-state index is 9.57. The van der Waals surface area contributed by atoms with Crippen molar-refractivity contribution in [3.8, 4) is 0 Å². The van der Waals surface area contributed by atoms with Crippen molar-refractivity contribution in [3.63, 3.8) is 0 Å². The van der Waals surface area contributed by atoms with E-state index in [-0.39, 0.29) is 34.3 Å². The zero-order valence-electron chi connectivity index (χ0n) is 41.8. The van der Waals surface area contributed by atoms with E-state index in [1.807, 2.05) is 73.1 Å². The second-order valence-electron chi connectivity index (χ2n) is 17.3. The van der Waals surface area contributed by atoms with Crippen LogP contribution in [0, 0.1) is 0 Å². The Morgan fingerprint density at radius 2 is 1.10 bits per heavy atom. The van der Waals surface area contributed by atoms with Gasteiger partial charge in [0.25, 0.3) is 0 Å². The maximum Gasteiger partial charge on any atom is 0.226 e. The van der Waals surface area contributed by atoms with Gasteiger partial charge in [-0.05, 0) is 120 Å². The summed E-state index contributed by atoms with van der Waals surface area (Å²) >= 11 is 23.7. The molecule has 12 aromatic heterocycles. The fourth-order valence-electron chi connectivity index (χ4n) is 7.45. The number of aliphatic hydroxyl groups is 2. The molecule has 0 aliphatic carbocycles. The number of fused-ring (bicyclic) bond motifs is 4. The molecular formula is C49H47Cl4N23O3. The minimum absolute atomic E-state index is 0.00639. The smallest absolute Gasteiger partial charge is 0.226 e. The Balaban J connectivity index is 0.000000128. The van der Waals surface area contributed by atoms with Crippen LogP contribution < -0.4 is 21.3 Å². The molecule has 0 spiro atoms. The Labute approximate surface area is 467 Å². The quantitative estimate of drug-likeness (QED) is 0.0426. The predicted octanol–water partition coefficient (Wildman–Crippen LogP) is 7.92. The van der Waals surface area contributed by atoms with E-state index in [9.17, 15) is 5.11 Å². The topological polar surface area (TPSA) is 337 Å². The first kappa shape index (κ1) is 55.0. The van der Waals surface area contributed by atoms with Gasteiger partial charge in [-0.15, -0.1) is 0 Å². The number of furan rings is 1. The summed E-state index contributed by atoms with van der Waals surface area (Å²) in [6.45, 7) is 6.45. The number of anilines is 4. The van der Waals surface area contributed by atoms with Crippen molar-refractivity contribution < 1.29 is 14.6 Å². The highest BCUT2D eigenvalue weighted by molar-refractivity contribution is 6.29. The number of aromatic nitrogens is 19. The van der Waals surface area contributed by atoms with Gasteiger partial charge in [-0.1, -0.05) is 0 Å². The van der Waals surface area contributed by atoms with Crippen LogP contribution in [0.3, 0.4) is 0 Å². The van der Waals surface area contributed by atoms with Gasteiger partial charge in [0.15, 0.2) is 16.9 Å². The third kappa shape index (κ3) is 14.2. The fourth-order valence-corrected chi connectivity index (χ4v) is 8.11. The molecule has 79 heavy (non-hydrogen) atoms. The molecule has 0 saturated heterocycles. The van der Waals surface area contributed by atoms with Gasteiger partial charge in [0.1, 0.15) is 41.0 Å². The van der Waals surface area contributed by atoms with E-state index < -0.39 is 5.54 Å². The van der Waals surface area contributed by atoms with Crippen LogP contribution in [0.25, 0.3) is 44.1 Å². The SMILES string of the molecule is CC(C)(CO)n1ccc2c(NCc3ccco3)nc(Cl)nc21.Clc1nc(NCc2ccncc2)c2cn[nH]c2n1.Clc1nc(NCc2ccncn2)c2cn[nH]c2n1.OCCn1ncc2c(NCc3ccncc3)nc(Cl)nc21. The lowest BCUT2D eigenvalue weighted by atomic mass is 10.1. The lowest BCUT2D eigenvalue weighted by molar-refractivity contribution is 0.168. The molecule has 0 aromatic carbocycles. The number of pyridine rings is 2. The highest BCUT2D eigenvalue weighted by Gasteiger charge is 2.23. The number of hydrogen-bond donors (Lipinski definition) is 8. The summed E-state index contributed by atoms with van der Waals surface area (Å²) in [5, 5.41) is 52.8. The van der Waals surface area contributed by atoms with E-state index in [4.69, 9.17) is 55.9 Å². The zero-order chi connectivity index (χ0) is 55.1. The summed E-state index contributed by atoms with van der Waals surface area (Å²) in [6, 6.07) is 15.2. The van der Waals surface area contributed by atoms with Crippen molar-refractivity contribution in [2.75, 3.05) is 34.5 Å². The maximum atomic E-state index is 9.57. The summed E-state index contributed by atoms with van der Waals surface area (Å²) in [5.41, 5.74) is 5.07. The third-order valence-corrected chi connectivity index (χ3v) is 12.1. The van der Waals surface area contributed by atoms with Crippen LogP contribution in [0.1, 0.15) is 36.4 Å². The van der Waals surface area contributed by atoms with Crippen LogP contribution in [0.5, 0.6) is 0 Å². The summed E-state index contributed by atoms with van der Waals surface area (Å²) in [4.78, 5) is 49.2. The van der Waals surface area contributed by atoms with Crippen LogP contribution in [-0.4, -0.2) is 118 Å². The number of hydrogen-bond acceptors (Lipinski definition) is 22. The Kier molecular flexibility index (Phi) is 18.1. The van der Waals surface area contributed by atoms with Gasteiger partial charge in [-0.3, -0.25) is 20.2 Å². The normalized spacial score (nSPS) is 11.1. The van der Waals surface area contributed by atoms with Crippen molar-refractivity contribution in [1.82, 2.24) is 94.6 Å². The second kappa shape index (κ2) is 26.0. The molecule has 12 rings (SSSR count). The molecule has 0 bridgehead atoms. The molecule has 30 heteroatoms. The summed E-state index contributed by atoms with van der Waals surface area (Å²) in [7, 11) is 0. The van der Waals surface area contributed by atoms with E-state index in [2.05, 4.69) is 107 Å². The van der Waals surface area contributed by atoms with Crippen LogP contribution >= 0.6 is 46.4 Å². The van der Waals surface area contributed by atoms with Crippen LogP contribution in [-0.2, 0) is 38.3 Å². The van der Waals surface area contributed by atoms with Gasteiger partial charge in [0.2, 0.25) is 21.1 Å². The number of halogens is 4. The van der Waals surface area contributed by atoms with Gasteiger partial charge in [0.05, 0.1) is 90.5 Å². The Bertz CT molecular complexity index is 3750. The van der Waals surface area contributed by atoms with E-state index in [0.29, 0.717) is 78.6 Å². The molecule has 12 aromatic rings. The van der Waals surface area contributed by atoms with E-state index >= 15 is 0 Å². The van der Waals surface area contributed by atoms with Gasteiger partial charge >= 0.3 is 0 Å². The van der Waals surface area contributed by atoms with E-state index in [0.717, 1.165) is 44.1 Å². The Morgan fingerprint density at radius 3 is 1.65 bits per heavy atom. The minimum atomic E-state index is -0.474. The first-order valence-corrected chi connectivity index (χ1v) is 25.4. The molecule has 8 N–H and O–H groups in total. The fraction of sp³-hybridized carbons (Fsp3) is 0.204. The number of nitrogens with zero attached hydrogens (tertiary/aromatic N) is 17. The lowest BCUT2D eigenvalue weighted by Crippen LogP contribution is -2.29. The number of H-pyrrole nitrogens is 2. The first-order chi connectivity index (χ1) is 38.4. The average molecular weight is 1150 g/mol. The number of nitrogens with one attached hydrogen (secondary N) is 6. The molecule has 0 aliphatic heterocycles. The van der Waals surface area contributed by atoms with Crippen molar-refractivity contribution in [2.24, 2.45) is 0 Å². The van der Waals surface area contributed by atoms with Gasteiger partial charge in [-0.2, -0.15) is 50.2 Å². The number of rotatable bonds is 16. The second-order valence-corrected chi connectivity index (χ2v) is 18.6. The molecule has 26 nitrogen and oxygen atoms in total. The van der Waals surface area contributed by atoms with Gasteiger partial charge in [0, 0.05) is 50.3 Å². The average Bonchev–Trinajstić information content (AvgIpc) is 4.44. The number of aromatic amines is 2. The molecule has 404 valence electrons. The van der Waals surface area contributed by atoms with Crippen LogP contribution in [0.2, 0.25) is 21.1 Å². The zero-order valence-corrected chi connectivity index (χ0v) is 44.9. The van der Waals surface area contributed by atoms with Crippen molar-refractivity contribution >= 4 is 114 Å². The molecule has 0 aliphatic rings. The summed E-state index contributed by atoms with van der Waals surface area (Å²) in [5.74, 6) is 3.34. The monoisotopic (exact) mass is 1150 g/mol. The predicted molar refractivity (Wildman–Crippen MR) is 298 cm³/mol. The van der Waals surface area contributed by atoms with Gasteiger partial charge in [-0.25, -0.2) is 19.6 Å². The van der Waals surface area contributed by atoms with Crippen molar-refractivity contribution in [1.29, 1.82) is 0 Å². The molecule has 0 unspecified atom stereocenters. The molecule has 0 saturated carbocycles. The highest BCUT2D eigenvalue weighted by Crippen LogP contribution is 2.29. The largest absolute Gasteiger partial charge is 0.467 e. The van der Waals surface area contributed by atoms with E-state index in [1.165, 1.54) is 6.33 Å². The van der Waals surface area contributed by atoms with Crippen LogP contribution in [0.4, 0.5) is 23.3 Å². The Hall–Kier alpha value is -8.79. The molecule has 0 radical (unpaired) electrons. The van der Waals surface area contributed by atoms with Crippen molar-refractivity contribution in [3.05, 3.63) is 161 Å². The highest BCUT2D eigenvalue weighted by atomic mass is 35.5. The summed E-state index contributed by atoms with van der Waals surface area (Å²) in [6.07, 6.45) is 18.6. The third-order valence-electron chi connectivity index (χ3n) is 11.4.